The number of nitrogens with zero attached hydrogens (tertiary/aromatic N) is 2. The molecule has 1 heterocycles. The summed E-state index contributed by atoms with van der Waals surface area (Å²) in [4.78, 5) is 28.5. The van der Waals surface area contributed by atoms with Crippen LogP contribution in [-0.2, 0) is 11.0 Å². The van der Waals surface area contributed by atoms with Gasteiger partial charge in [-0.25, -0.2) is 4.98 Å². The smallest absolute Gasteiger partial charge is 0.416 e. The number of nitrogens with one attached hydrogen (secondary N) is 2. The van der Waals surface area contributed by atoms with E-state index in [0.717, 1.165) is 17.8 Å². The summed E-state index contributed by atoms with van der Waals surface area (Å²) >= 11 is 0. The summed E-state index contributed by atoms with van der Waals surface area (Å²) in [7, 11) is 0. The summed E-state index contributed by atoms with van der Waals surface area (Å²) in [6, 6.07) is 17.7. The minimum absolute atomic E-state index is 0.0125. The minimum Gasteiger partial charge on any atom is -0.484 e. The molecule has 0 radical (unpaired) electrons. The second-order valence-corrected chi connectivity index (χ2v) is 7.41. The lowest BCUT2D eigenvalue weighted by atomic mass is 10.2. The second-order valence-electron chi connectivity index (χ2n) is 7.41. The molecule has 0 aliphatic rings. The van der Waals surface area contributed by atoms with Gasteiger partial charge in [0.1, 0.15) is 5.75 Å². The molecule has 0 bridgehead atoms. The highest BCUT2D eigenvalue weighted by Crippen LogP contribution is 2.30. The number of ether oxygens (including phenoxy) is 1. The zero-order valence-electron chi connectivity index (χ0n) is 18.1. The van der Waals surface area contributed by atoms with Gasteiger partial charge in [0, 0.05) is 35.0 Å². The molecule has 0 fully saturated rings. The van der Waals surface area contributed by atoms with E-state index in [9.17, 15) is 22.8 Å². The van der Waals surface area contributed by atoms with Gasteiger partial charge < -0.3 is 19.9 Å². The fourth-order valence-corrected chi connectivity index (χ4v) is 3.15. The van der Waals surface area contributed by atoms with E-state index in [1.807, 2.05) is 22.9 Å². The number of rotatable bonds is 7. The Bertz CT molecular complexity index is 1300. The van der Waals surface area contributed by atoms with Crippen molar-refractivity contribution in [3.8, 4) is 11.4 Å². The number of alkyl halides is 3. The van der Waals surface area contributed by atoms with Gasteiger partial charge in [0.2, 0.25) is 0 Å². The number of carbonyl (C=O) groups excluding carboxylic acids is 2. The van der Waals surface area contributed by atoms with Crippen molar-refractivity contribution in [2.45, 2.75) is 6.18 Å². The first-order valence-electron chi connectivity index (χ1n) is 10.4. The number of benzene rings is 3. The lowest BCUT2D eigenvalue weighted by Gasteiger charge is -2.11. The van der Waals surface area contributed by atoms with E-state index in [1.54, 1.807) is 24.7 Å². The topological polar surface area (TPSA) is 85.2 Å². The number of amides is 2. The molecule has 10 heteroatoms. The van der Waals surface area contributed by atoms with Gasteiger partial charge in [-0.15, -0.1) is 0 Å². The van der Waals surface area contributed by atoms with E-state index in [-0.39, 0.29) is 11.6 Å². The summed E-state index contributed by atoms with van der Waals surface area (Å²) < 4.78 is 45.6. The third kappa shape index (κ3) is 6.26. The molecule has 0 unspecified atom stereocenters. The first-order valence-corrected chi connectivity index (χ1v) is 10.4. The number of hydrogen-bond donors (Lipinski definition) is 2. The molecule has 35 heavy (non-hydrogen) atoms. The Hall–Kier alpha value is -4.60. The highest BCUT2D eigenvalue weighted by atomic mass is 19.4. The molecule has 2 N–H and O–H groups in total. The van der Waals surface area contributed by atoms with Crippen molar-refractivity contribution in [3.63, 3.8) is 0 Å². The summed E-state index contributed by atoms with van der Waals surface area (Å²) in [5.74, 6) is -0.620. The SMILES string of the molecule is O=C(COc1ccc(C(=O)Nc2ccc(-n3ccnc3)cc2)cc1)Nc1cccc(C(F)(F)F)c1. The van der Waals surface area contributed by atoms with Gasteiger partial charge in [-0.2, -0.15) is 13.2 Å². The Morgan fingerprint density at radius 3 is 2.31 bits per heavy atom. The summed E-state index contributed by atoms with van der Waals surface area (Å²) in [6.07, 6.45) is 0.652. The monoisotopic (exact) mass is 480 g/mol. The molecule has 4 rings (SSSR count). The van der Waals surface area contributed by atoms with E-state index in [1.165, 1.54) is 36.4 Å². The maximum absolute atomic E-state index is 12.8. The molecular weight excluding hydrogens is 461 g/mol. The molecule has 0 saturated carbocycles. The van der Waals surface area contributed by atoms with E-state index in [4.69, 9.17) is 4.74 Å². The summed E-state index contributed by atoms with van der Waals surface area (Å²) in [5, 5.41) is 5.16. The van der Waals surface area contributed by atoms with Gasteiger partial charge in [0.25, 0.3) is 11.8 Å². The zero-order chi connectivity index (χ0) is 24.8. The molecule has 0 aliphatic carbocycles. The van der Waals surface area contributed by atoms with Crippen molar-refractivity contribution >= 4 is 23.2 Å². The van der Waals surface area contributed by atoms with Crippen LogP contribution in [0.15, 0.2) is 91.5 Å². The highest BCUT2D eigenvalue weighted by Gasteiger charge is 2.30. The van der Waals surface area contributed by atoms with Gasteiger partial charge in [-0.05, 0) is 66.7 Å². The molecule has 0 atom stereocenters. The Balaban J connectivity index is 1.28. The molecule has 0 spiro atoms. The fourth-order valence-electron chi connectivity index (χ4n) is 3.15. The van der Waals surface area contributed by atoms with Crippen LogP contribution in [0.25, 0.3) is 5.69 Å². The van der Waals surface area contributed by atoms with E-state index in [0.29, 0.717) is 17.0 Å². The number of aromatic nitrogens is 2. The van der Waals surface area contributed by atoms with Crippen LogP contribution in [0.1, 0.15) is 15.9 Å². The van der Waals surface area contributed by atoms with Gasteiger partial charge >= 0.3 is 6.18 Å². The first-order chi connectivity index (χ1) is 16.8. The number of anilines is 2. The van der Waals surface area contributed by atoms with Gasteiger partial charge in [-0.1, -0.05) is 6.07 Å². The Morgan fingerprint density at radius 2 is 1.66 bits per heavy atom. The minimum atomic E-state index is -4.50. The molecule has 7 nitrogen and oxygen atoms in total. The molecule has 4 aromatic rings. The maximum Gasteiger partial charge on any atom is 0.416 e. The largest absolute Gasteiger partial charge is 0.484 e. The van der Waals surface area contributed by atoms with Gasteiger partial charge in [0.15, 0.2) is 6.61 Å². The Kier molecular flexibility index (Phi) is 6.81. The normalized spacial score (nSPS) is 11.1. The number of imidazole rings is 1. The van der Waals surface area contributed by atoms with Crippen LogP contribution in [-0.4, -0.2) is 28.0 Å². The number of carbonyl (C=O) groups is 2. The average Bonchev–Trinajstić information content (AvgIpc) is 3.38. The third-order valence-electron chi connectivity index (χ3n) is 4.89. The first kappa shape index (κ1) is 23.6. The molecular formula is C25H19F3N4O3. The fraction of sp³-hybridized carbons (Fsp3) is 0.0800. The Labute approximate surface area is 198 Å². The standard InChI is InChI=1S/C25H19F3N4O3/c26-25(27,28)18-2-1-3-20(14-18)30-23(33)15-35-22-10-4-17(5-11-22)24(34)31-19-6-8-21(9-7-19)32-13-12-29-16-32/h1-14,16H,15H2,(H,30,33)(H,31,34). The zero-order valence-corrected chi connectivity index (χ0v) is 18.1. The summed E-state index contributed by atoms with van der Waals surface area (Å²) in [5.41, 5.74) is 1.05. The van der Waals surface area contributed by atoms with Crippen LogP contribution in [0.3, 0.4) is 0 Å². The average molecular weight is 480 g/mol. The molecule has 178 valence electrons. The van der Waals surface area contributed by atoms with Crippen LogP contribution in [0, 0.1) is 0 Å². The lowest BCUT2D eigenvalue weighted by molar-refractivity contribution is -0.137. The quantitative estimate of drug-likeness (QED) is 0.383. The molecule has 2 amide bonds. The number of halogens is 3. The van der Waals surface area contributed by atoms with Crippen molar-refractivity contribution in [1.82, 2.24) is 9.55 Å². The maximum atomic E-state index is 12.8. The van der Waals surface area contributed by atoms with Gasteiger partial charge in [0.05, 0.1) is 11.9 Å². The predicted molar refractivity (Wildman–Crippen MR) is 124 cm³/mol. The van der Waals surface area contributed by atoms with E-state index >= 15 is 0 Å². The van der Waals surface area contributed by atoms with Crippen LogP contribution in [0.4, 0.5) is 24.5 Å². The van der Waals surface area contributed by atoms with Crippen molar-refractivity contribution in [1.29, 1.82) is 0 Å². The van der Waals surface area contributed by atoms with E-state index in [2.05, 4.69) is 15.6 Å². The van der Waals surface area contributed by atoms with Crippen LogP contribution < -0.4 is 15.4 Å². The van der Waals surface area contributed by atoms with Gasteiger partial charge in [-0.3, -0.25) is 9.59 Å². The van der Waals surface area contributed by atoms with Crippen LogP contribution in [0.2, 0.25) is 0 Å². The van der Waals surface area contributed by atoms with Crippen molar-refractivity contribution in [2.75, 3.05) is 17.2 Å². The lowest BCUT2D eigenvalue weighted by Crippen LogP contribution is -2.20. The van der Waals surface area contributed by atoms with Crippen LogP contribution in [0.5, 0.6) is 5.75 Å². The van der Waals surface area contributed by atoms with Crippen molar-refractivity contribution in [3.05, 3.63) is 103 Å². The number of hydrogen-bond acceptors (Lipinski definition) is 4. The second kappa shape index (κ2) is 10.1. The highest BCUT2D eigenvalue weighted by molar-refractivity contribution is 6.04. The Morgan fingerprint density at radius 1 is 0.914 bits per heavy atom. The van der Waals surface area contributed by atoms with Crippen LogP contribution >= 0.6 is 0 Å². The predicted octanol–water partition coefficient (Wildman–Crippen LogP) is 5.16. The van der Waals surface area contributed by atoms with E-state index < -0.39 is 24.3 Å². The molecule has 0 saturated heterocycles. The molecule has 3 aromatic carbocycles. The summed E-state index contributed by atoms with van der Waals surface area (Å²) in [6.45, 7) is -0.412. The van der Waals surface area contributed by atoms with Crippen molar-refractivity contribution in [2.24, 2.45) is 0 Å². The molecule has 0 aliphatic heterocycles. The molecule has 1 aromatic heterocycles. The van der Waals surface area contributed by atoms with Crippen molar-refractivity contribution < 1.29 is 27.5 Å². The third-order valence-corrected chi connectivity index (χ3v) is 4.89.